The van der Waals surface area contributed by atoms with Gasteiger partial charge in [0.05, 0.1) is 6.61 Å². The zero-order chi connectivity index (χ0) is 21.3. The Labute approximate surface area is 175 Å². The van der Waals surface area contributed by atoms with Crippen LogP contribution in [0.1, 0.15) is 47.4 Å². The van der Waals surface area contributed by atoms with Gasteiger partial charge in [0.1, 0.15) is 17.1 Å². The van der Waals surface area contributed by atoms with E-state index >= 15 is 0 Å². The van der Waals surface area contributed by atoms with Crippen molar-refractivity contribution in [3.63, 3.8) is 0 Å². The molecule has 0 saturated carbocycles. The summed E-state index contributed by atoms with van der Waals surface area (Å²) in [5.74, 6) is -0.170. The van der Waals surface area contributed by atoms with Crippen molar-refractivity contribution in [1.82, 2.24) is 4.90 Å². The van der Waals surface area contributed by atoms with Gasteiger partial charge < -0.3 is 9.64 Å². The summed E-state index contributed by atoms with van der Waals surface area (Å²) in [6.07, 6.45) is 1.89. The highest BCUT2D eigenvalue weighted by Crippen LogP contribution is 2.35. The van der Waals surface area contributed by atoms with Crippen molar-refractivity contribution < 1.29 is 19.1 Å². The number of rotatable bonds is 5. The van der Waals surface area contributed by atoms with Gasteiger partial charge in [-0.25, -0.2) is 0 Å². The molecule has 0 radical (unpaired) electrons. The number of carbonyl (C=O) groups excluding carboxylic acids is 3. The van der Waals surface area contributed by atoms with Gasteiger partial charge >= 0.3 is 0 Å². The summed E-state index contributed by atoms with van der Waals surface area (Å²) in [5.41, 5.74) is 1.71. The zero-order valence-corrected chi connectivity index (χ0v) is 17.2. The zero-order valence-electron chi connectivity index (χ0n) is 17.2. The molecule has 1 amide bonds. The molecular weight excluding hydrogens is 380 g/mol. The molecular formula is C24H24N2O4. The summed E-state index contributed by atoms with van der Waals surface area (Å²) in [5, 5.41) is 0. The Balaban J connectivity index is 1.89. The Bertz CT molecular complexity index is 1030. The molecule has 0 N–H and O–H groups in total. The predicted molar refractivity (Wildman–Crippen MR) is 114 cm³/mol. The maximum Gasteiger partial charge on any atom is 0.228 e. The van der Waals surface area contributed by atoms with Gasteiger partial charge in [-0.05, 0) is 44.0 Å². The lowest BCUT2D eigenvalue weighted by Crippen LogP contribution is -2.41. The number of ether oxygens (including phenoxy) is 1. The van der Waals surface area contributed by atoms with E-state index in [-0.39, 0.29) is 23.2 Å². The van der Waals surface area contributed by atoms with E-state index in [0.717, 1.165) is 12.8 Å². The van der Waals surface area contributed by atoms with E-state index in [1.165, 1.54) is 11.8 Å². The van der Waals surface area contributed by atoms with Crippen LogP contribution in [-0.2, 0) is 4.79 Å². The van der Waals surface area contributed by atoms with Crippen LogP contribution in [0.25, 0.3) is 0 Å². The van der Waals surface area contributed by atoms with Crippen LogP contribution in [0.3, 0.4) is 0 Å². The highest BCUT2D eigenvalue weighted by molar-refractivity contribution is 6.29. The van der Waals surface area contributed by atoms with Crippen LogP contribution in [0.5, 0.6) is 5.75 Å². The lowest BCUT2D eigenvalue weighted by molar-refractivity contribution is -0.116. The van der Waals surface area contributed by atoms with Gasteiger partial charge in [-0.2, -0.15) is 0 Å². The molecule has 1 heterocycles. The molecule has 0 spiro atoms. The normalized spacial score (nSPS) is 16.0. The summed E-state index contributed by atoms with van der Waals surface area (Å²) >= 11 is 0. The number of hydrogen-bond donors (Lipinski definition) is 0. The highest BCUT2D eigenvalue weighted by Gasteiger charge is 2.39. The van der Waals surface area contributed by atoms with Gasteiger partial charge in [-0.1, -0.05) is 24.3 Å². The summed E-state index contributed by atoms with van der Waals surface area (Å²) in [4.78, 5) is 43.1. The summed E-state index contributed by atoms with van der Waals surface area (Å²) in [6, 6.07) is 13.8. The molecule has 154 valence electrons. The number of fused-ring (bicyclic) bond motifs is 1. The number of likely N-dealkylation sites (tertiary alicyclic amines) is 1. The van der Waals surface area contributed by atoms with E-state index < -0.39 is 0 Å². The third kappa shape index (κ3) is 3.38. The Morgan fingerprint density at radius 1 is 0.967 bits per heavy atom. The standard InChI is InChI=1S/C24H24N2O4/c1-3-30-18-12-10-17(11-13-18)26(16(2)27)22-21(25-14-6-7-15-25)23(28)19-8-4-5-9-20(19)24(22)29/h4-5,8-13H,3,6-7,14-15H2,1-2H3. The fraction of sp³-hybridized carbons (Fsp3) is 0.292. The topological polar surface area (TPSA) is 66.9 Å². The molecule has 0 aromatic heterocycles. The van der Waals surface area contributed by atoms with E-state index in [0.29, 0.717) is 48.0 Å². The second-order valence-corrected chi connectivity index (χ2v) is 7.38. The third-order valence-electron chi connectivity index (χ3n) is 5.44. The maximum absolute atomic E-state index is 13.6. The van der Waals surface area contributed by atoms with E-state index in [9.17, 15) is 14.4 Å². The van der Waals surface area contributed by atoms with Crippen LogP contribution < -0.4 is 9.64 Å². The van der Waals surface area contributed by atoms with Crippen LogP contribution in [0.4, 0.5) is 5.69 Å². The molecule has 0 unspecified atom stereocenters. The van der Waals surface area contributed by atoms with Crippen LogP contribution >= 0.6 is 0 Å². The first-order valence-corrected chi connectivity index (χ1v) is 10.2. The van der Waals surface area contributed by atoms with E-state index in [1.807, 2.05) is 11.8 Å². The Morgan fingerprint density at radius 2 is 1.57 bits per heavy atom. The summed E-state index contributed by atoms with van der Waals surface area (Å²) < 4.78 is 5.49. The van der Waals surface area contributed by atoms with Gasteiger partial charge in [-0.15, -0.1) is 0 Å². The number of hydrogen-bond acceptors (Lipinski definition) is 5. The molecule has 0 atom stereocenters. The van der Waals surface area contributed by atoms with Crippen molar-refractivity contribution >= 4 is 23.2 Å². The molecule has 6 nitrogen and oxygen atoms in total. The minimum absolute atomic E-state index is 0.136. The number of ketones is 2. The van der Waals surface area contributed by atoms with Crippen molar-refractivity contribution in [1.29, 1.82) is 0 Å². The van der Waals surface area contributed by atoms with Crippen molar-refractivity contribution in [2.24, 2.45) is 0 Å². The first-order chi connectivity index (χ1) is 14.5. The SMILES string of the molecule is CCOc1ccc(N(C(C)=O)C2=C(N3CCCC3)C(=O)c3ccccc3C2=O)cc1. The van der Waals surface area contributed by atoms with Gasteiger partial charge in [0.25, 0.3) is 0 Å². The first-order valence-electron chi connectivity index (χ1n) is 10.2. The molecule has 1 fully saturated rings. The van der Waals surface area contributed by atoms with Crippen molar-refractivity contribution in [2.75, 3.05) is 24.6 Å². The average molecular weight is 404 g/mol. The van der Waals surface area contributed by atoms with Crippen molar-refractivity contribution in [3.8, 4) is 5.75 Å². The number of benzene rings is 2. The summed E-state index contributed by atoms with van der Waals surface area (Å²) in [6.45, 7) is 5.21. The number of anilines is 1. The monoisotopic (exact) mass is 404 g/mol. The Kier molecular flexibility index (Phi) is 5.40. The Hall–Kier alpha value is -3.41. The number of nitrogens with zero attached hydrogens (tertiary/aromatic N) is 2. The fourth-order valence-electron chi connectivity index (χ4n) is 4.12. The number of Topliss-reactive ketones (excluding diaryl/α,β-unsaturated/α-hetero) is 2. The molecule has 2 aromatic carbocycles. The fourth-order valence-corrected chi connectivity index (χ4v) is 4.12. The second-order valence-electron chi connectivity index (χ2n) is 7.38. The van der Waals surface area contributed by atoms with Crippen LogP contribution in [-0.4, -0.2) is 42.1 Å². The lowest BCUT2D eigenvalue weighted by atomic mass is 9.89. The lowest BCUT2D eigenvalue weighted by Gasteiger charge is -2.33. The molecule has 1 saturated heterocycles. The van der Waals surface area contributed by atoms with E-state index in [4.69, 9.17) is 4.74 Å². The molecule has 1 aliphatic heterocycles. The Morgan fingerprint density at radius 3 is 2.13 bits per heavy atom. The number of amides is 1. The average Bonchev–Trinajstić information content (AvgIpc) is 3.27. The predicted octanol–water partition coefficient (Wildman–Crippen LogP) is 3.82. The largest absolute Gasteiger partial charge is 0.494 e. The quantitative estimate of drug-likeness (QED) is 0.758. The minimum atomic E-state index is -0.327. The van der Waals surface area contributed by atoms with Gasteiger partial charge in [0.15, 0.2) is 0 Å². The van der Waals surface area contributed by atoms with E-state index in [2.05, 4.69) is 0 Å². The third-order valence-corrected chi connectivity index (χ3v) is 5.44. The molecule has 6 heteroatoms. The van der Waals surface area contributed by atoms with Crippen LogP contribution in [0, 0.1) is 0 Å². The van der Waals surface area contributed by atoms with Crippen LogP contribution in [0.2, 0.25) is 0 Å². The molecule has 2 aromatic rings. The molecule has 2 aliphatic rings. The highest BCUT2D eigenvalue weighted by atomic mass is 16.5. The maximum atomic E-state index is 13.6. The van der Waals surface area contributed by atoms with Gasteiger partial charge in [-0.3, -0.25) is 19.3 Å². The number of carbonyl (C=O) groups is 3. The molecule has 0 bridgehead atoms. The van der Waals surface area contributed by atoms with E-state index in [1.54, 1.807) is 48.5 Å². The molecule has 30 heavy (non-hydrogen) atoms. The van der Waals surface area contributed by atoms with Crippen LogP contribution in [0.15, 0.2) is 59.9 Å². The van der Waals surface area contributed by atoms with Gasteiger partial charge in [0, 0.05) is 36.8 Å². The van der Waals surface area contributed by atoms with Crippen molar-refractivity contribution in [2.45, 2.75) is 26.7 Å². The number of allylic oxidation sites excluding steroid dienone is 2. The first kappa shape index (κ1) is 19.9. The molecule has 1 aliphatic carbocycles. The van der Waals surface area contributed by atoms with Crippen molar-refractivity contribution in [3.05, 3.63) is 71.1 Å². The summed E-state index contributed by atoms with van der Waals surface area (Å²) in [7, 11) is 0. The van der Waals surface area contributed by atoms with Gasteiger partial charge in [0.2, 0.25) is 17.5 Å². The smallest absolute Gasteiger partial charge is 0.228 e. The molecule has 4 rings (SSSR count). The minimum Gasteiger partial charge on any atom is -0.494 e. The second kappa shape index (κ2) is 8.14.